The number of rotatable bonds is 9. The van der Waals surface area contributed by atoms with Crippen LogP contribution in [0.1, 0.15) is 42.5 Å². The lowest BCUT2D eigenvalue weighted by atomic mass is 10.0. The molecule has 1 heterocycles. The summed E-state index contributed by atoms with van der Waals surface area (Å²) in [5.41, 5.74) is 8.30. The predicted molar refractivity (Wildman–Crippen MR) is 131 cm³/mol. The van der Waals surface area contributed by atoms with Gasteiger partial charge in [0.05, 0.1) is 5.69 Å². The fourth-order valence-electron chi connectivity index (χ4n) is 3.80. The molecule has 2 aromatic rings. The molecule has 0 bridgehead atoms. The monoisotopic (exact) mass is 416 g/mol. The number of anilines is 2. The van der Waals surface area contributed by atoms with Gasteiger partial charge in [-0.05, 0) is 72.9 Å². The van der Waals surface area contributed by atoms with Crippen molar-refractivity contribution in [2.45, 2.75) is 33.6 Å². The number of allylic oxidation sites excluding steroid dienone is 1. The molecule has 0 saturated heterocycles. The van der Waals surface area contributed by atoms with E-state index in [9.17, 15) is 4.79 Å². The van der Waals surface area contributed by atoms with Crippen molar-refractivity contribution in [3.63, 3.8) is 0 Å². The zero-order chi connectivity index (χ0) is 22.4. The van der Waals surface area contributed by atoms with E-state index in [1.165, 1.54) is 27.8 Å². The van der Waals surface area contributed by atoms with E-state index >= 15 is 0 Å². The van der Waals surface area contributed by atoms with Gasteiger partial charge in [-0.25, -0.2) is 4.98 Å². The molecule has 1 aliphatic carbocycles. The third kappa shape index (κ3) is 5.43. The molecule has 2 N–H and O–H groups in total. The zero-order valence-corrected chi connectivity index (χ0v) is 19.0. The Balaban J connectivity index is 1.67. The number of hydrogen-bond acceptors (Lipinski definition) is 4. The van der Waals surface area contributed by atoms with Gasteiger partial charge in [-0.2, -0.15) is 0 Å². The highest BCUT2D eigenvalue weighted by molar-refractivity contribution is 5.92. The number of benzene rings is 1. The van der Waals surface area contributed by atoms with Crippen molar-refractivity contribution in [3.05, 3.63) is 77.1 Å². The number of aromatic nitrogens is 1. The number of likely N-dealkylation sites (N-methyl/N-ethyl adjacent to an activating group) is 1. The highest BCUT2D eigenvalue weighted by Crippen LogP contribution is 2.33. The highest BCUT2D eigenvalue weighted by Gasteiger charge is 2.20. The van der Waals surface area contributed by atoms with Gasteiger partial charge in [-0.15, -0.1) is 0 Å². The summed E-state index contributed by atoms with van der Waals surface area (Å²) >= 11 is 0. The van der Waals surface area contributed by atoms with Crippen LogP contribution in [0.25, 0.3) is 11.6 Å². The van der Waals surface area contributed by atoms with Crippen molar-refractivity contribution in [1.29, 1.82) is 0 Å². The van der Waals surface area contributed by atoms with Gasteiger partial charge >= 0.3 is 0 Å². The quantitative estimate of drug-likeness (QED) is 0.547. The van der Waals surface area contributed by atoms with E-state index < -0.39 is 0 Å². The number of carbonyl (C=O) groups is 1. The Morgan fingerprint density at radius 3 is 2.84 bits per heavy atom. The molecule has 1 aromatic heterocycles. The molecule has 31 heavy (non-hydrogen) atoms. The number of nitrogens with zero attached hydrogens (tertiary/aromatic N) is 2. The number of pyridine rings is 1. The lowest BCUT2D eigenvalue weighted by molar-refractivity contribution is -0.124. The van der Waals surface area contributed by atoms with Crippen molar-refractivity contribution in [1.82, 2.24) is 9.88 Å². The summed E-state index contributed by atoms with van der Waals surface area (Å²) in [5, 5.41) is 6.39. The van der Waals surface area contributed by atoms with E-state index in [1.807, 2.05) is 19.2 Å². The van der Waals surface area contributed by atoms with Crippen molar-refractivity contribution in [2.24, 2.45) is 0 Å². The summed E-state index contributed by atoms with van der Waals surface area (Å²) in [4.78, 5) is 18.9. The van der Waals surface area contributed by atoms with E-state index in [4.69, 9.17) is 0 Å². The predicted octanol–water partition coefficient (Wildman–Crippen LogP) is 5.27. The number of fused-ring (bicyclic) bond motifs is 1. The van der Waals surface area contributed by atoms with Gasteiger partial charge in [0.1, 0.15) is 0 Å². The number of amides is 1. The minimum Gasteiger partial charge on any atom is -0.382 e. The van der Waals surface area contributed by atoms with Gasteiger partial charge in [-0.1, -0.05) is 37.3 Å². The maximum absolute atomic E-state index is 12.7. The van der Waals surface area contributed by atoms with Gasteiger partial charge in [0, 0.05) is 32.4 Å². The molecule has 0 atom stereocenters. The van der Waals surface area contributed by atoms with Gasteiger partial charge in [-0.3, -0.25) is 4.79 Å². The fraction of sp³-hybridized carbons (Fsp3) is 0.308. The van der Waals surface area contributed by atoms with Gasteiger partial charge in [0.25, 0.3) is 0 Å². The number of nitrogens with one attached hydrogen (secondary N) is 2. The Morgan fingerprint density at radius 2 is 2.10 bits per heavy atom. The molecule has 0 aliphatic heterocycles. The summed E-state index contributed by atoms with van der Waals surface area (Å²) in [5.74, 6) is 0.700. The first-order chi connectivity index (χ1) is 14.9. The first kappa shape index (κ1) is 22.3. The van der Waals surface area contributed by atoms with Gasteiger partial charge in [0.2, 0.25) is 5.91 Å². The van der Waals surface area contributed by atoms with E-state index in [-0.39, 0.29) is 5.91 Å². The average Bonchev–Trinajstić information content (AvgIpc) is 3.06. The first-order valence-electron chi connectivity index (χ1n) is 10.8. The summed E-state index contributed by atoms with van der Waals surface area (Å²) in [6.07, 6.45) is 8.70. The van der Waals surface area contributed by atoms with Crippen LogP contribution in [0.4, 0.5) is 11.5 Å². The van der Waals surface area contributed by atoms with Crippen LogP contribution in [0.3, 0.4) is 0 Å². The SMILES string of the molecule is C=CNc1ncc(/C=C/C(=O)N(C)CC2=C(C)c3ccc(C)cc3C2)cc1NCCC. The second-order valence-corrected chi connectivity index (χ2v) is 8.03. The molecule has 5 heteroatoms. The third-order valence-electron chi connectivity index (χ3n) is 5.53. The molecular weight excluding hydrogens is 384 g/mol. The molecule has 0 fully saturated rings. The van der Waals surface area contributed by atoms with E-state index in [0.29, 0.717) is 6.54 Å². The Bertz CT molecular complexity index is 1040. The van der Waals surface area contributed by atoms with Crippen LogP contribution in [0.15, 0.2) is 54.9 Å². The Hall–Kier alpha value is -3.34. The maximum atomic E-state index is 12.7. The van der Waals surface area contributed by atoms with Crippen molar-refractivity contribution in [2.75, 3.05) is 30.8 Å². The molecule has 5 nitrogen and oxygen atoms in total. The van der Waals surface area contributed by atoms with Gasteiger partial charge in [0.15, 0.2) is 5.82 Å². The molecule has 0 saturated carbocycles. The van der Waals surface area contributed by atoms with Crippen LogP contribution in [0.5, 0.6) is 0 Å². The lowest BCUT2D eigenvalue weighted by Gasteiger charge is -2.17. The minimum atomic E-state index is -0.0243. The molecule has 0 unspecified atom stereocenters. The summed E-state index contributed by atoms with van der Waals surface area (Å²) in [6.45, 7) is 11.6. The standard InChI is InChI=1S/C26H32N4O/c1-6-12-28-24-14-20(16-29-26(24)27-7-2)9-11-25(31)30(5)17-22-15-21-13-18(3)8-10-23(21)19(22)4/h7-11,13-14,16,28H,2,6,12,15,17H2,1,3-5H3,(H,27,29)/b11-9+. The summed E-state index contributed by atoms with van der Waals surface area (Å²) < 4.78 is 0. The average molecular weight is 417 g/mol. The highest BCUT2D eigenvalue weighted by atomic mass is 16.2. The van der Waals surface area contributed by atoms with Gasteiger partial charge < -0.3 is 15.5 Å². The second-order valence-electron chi connectivity index (χ2n) is 8.03. The van der Waals surface area contributed by atoms with E-state index in [0.717, 1.165) is 36.5 Å². The van der Waals surface area contributed by atoms with Crippen LogP contribution >= 0.6 is 0 Å². The maximum Gasteiger partial charge on any atom is 0.246 e. The fourth-order valence-corrected chi connectivity index (χ4v) is 3.80. The van der Waals surface area contributed by atoms with Crippen LogP contribution in [0.2, 0.25) is 0 Å². The van der Waals surface area contributed by atoms with Crippen LogP contribution < -0.4 is 10.6 Å². The van der Waals surface area contributed by atoms with E-state index in [2.05, 4.69) is 61.2 Å². The van der Waals surface area contributed by atoms with Crippen LogP contribution in [-0.4, -0.2) is 35.9 Å². The second kappa shape index (κ2) is 10.1. The molecule has 3 rings (SSSR count). The van der Waals surface area contributed by atoms with Crippen LogP contribution in [-0.2, 0) is 11.2 Å². The Morgan fingerprint density at radius 1 is 1.29 bits per heavy atom. The molecule has 162 valence electrons. The largest absolute Gasteiger partial charge is 0.382 e. The van der Waals surface area contributed by atoms with E-state index in [1.54, 1.807) is 23.4 Å². The number of hydrogen-bond donors (Lipinski definition) is 2. The van der Waals surface area contributed by atoms with Crippen molar-refractivity contribution >= 4 is 29.1 Å². The molecule has 1 aliphatic rings. The molecule has 0 spiro atoms. The third-order valence-corrected chi connectivity index (χ3v) is 5.53. The normalized spacial score (nSPS) is 12.8. The van der Waals surface area contributed by atoms with Crippen molar-refractivity contribution in [3.8, 4) is 0 Å². The Kier molecular flexibility index (Phi) is 7.29. The molecular formula is C26H32N4O. The molecule has 1 aromatic carbocycles. The van der Waals surface area contributed by atoms with Crippen molar-refractivity contribution < 1.29 is 4.79 Å². The van der Waals surface area contributed by atoms with Crippen LogP contribution in [0, 0.1) is 6.92 Å². The molecule has 0 radical (unpaired) electrons. The minimum absolute atomic E-state index is 0.0243. The lowest BCUT2D eigenvalue weighted by Crippen LogP contribution is -2.27. The Labute approximate surface area is 185 Å². The zero-order valence-electron chi connectivity index (χ0n) is 19.0. The topological polar surface area (TPSA) is 57.3 Å². The number of carbonyl (C=O) groups excluding carboxylic acids is 1. The smallest absolute Gasteiger partial charge is 0.246 e. The summed E-state index contributed by atoms with van der Waals surface area (Å²) in [7, 11) is 1.85. The number of aryl methyl sites for hydroxylation is 1. The molecule has 1 amide bonds. The first-order valence-corrected chi connectivity index (χ1v) is 10.8. The summed E-state index contributed by atoms with van der Waals surface area (Å²) in [6, 6.07) is 8.57.